The minimum absolute atomic E-state index is 0.188. The molecule has 0 atom stereocenters. The van der Waals surface area contributed by atoms with Crippen LogP contribution in [0.3, 0.4) is 0 Å². The third-order valence-corrected chi connectivity index (χ3v) is 2.38. The Morgan fingerprint density at radius 1 is 0.846 bits per heavy atom. The Morgan fingerprint density at radius 3 is 2.38 bits per heavy atom. The van der Waals surface area contributed by atoms with Crippen molar-refractivity contribution in [1.29, 1.82) is 0 Å². The van der Waals surface area contributed by atoms with E-state index in [1.165, 1.54) is 25.7 Å². The number of nitrogens with one attached hydrogen (secondary N) is 2. The van der Waals surface area contributed by atoms with Gasteiger partial charge in [-0.3, -0.25) is 4.79 Å². The van der Waals surface area contributed by atoms with Crippen LogP contribution < -0.4 is 10.6 Å². The van der Waals surface area contributed by atoms with E-state index >= 15 is 0 Å². The summed E-state index contributed by atoms with van der Waals surface area (Å²) < 4.78 is 0. The summed E-state index contributed by atoms with van der Waals surface area (Å²) in [6, 6.07) is 0. The van der Waals surface area contributed by atoms with Gasteiger partial charge >= 0.3 is 0 Å². The van der Waals surface area contributed by atoms with Crippen LogP contribution in [0.4, 0.5) is 0 Å². The highest BCUT2D eigenvalue weighted by Gasteiger charge is 2.00. The van der Waals surface area contributed by atoms with Crippen LogP contribution in [0.15, 0.2) is 0 Å². The average Bonchev–Trinajstić information content (AvgIpc) is 2.11. The van der Waals surface area contributed by atoms with Gasteiger partial charge in [0.15, 0.2) is 0 Å². The monoisotopic (exact) mass is 184 g/mol. The van der Waals surface area contributed by atoms with Gasteiger partial charge in [-0.2, -0.15) is 0 Å². The molecule has 1 aliphatic rings. The molecular formula is C10H20N2O. The molecule has 0 unspecified atom stereocenters. The Bertz CT molecular complexity index is 134. The SMILES string of the molecule is O=C1CCNCCCCCCCN1. The van der Waals surface area contributed by atoms with E-state index in [2.05, 4.69) is 10.6 Å². The lowest BCUT2D eigenvalue weighted by molar-refractivity contribution is -0.121. The molecule has 0 radical (unpaired) electrons. The van der Waals surface area contributed by atoms with Crippen LogP contribution in [-0.2, 0) is 4.79 Å². The lowest BCUT2D eigenvalue weighted by atomic mass is 10.1. The number of carbonyl (C=O) groups is 1. The molecule has 0 aromatic heterocycles. The van der Waals surface area contributed by atoms with Crippen molar-refractivity contribution >= 4 is 5.91 Å². The van der Waals surface area contributed by atoms with Crippen LogP contribution in [-0.4, -0.2) is 25.5 Å². The van der Waals surface area contributed by atoms with Gasteiger partial charge in [-0.15, -0.1) is 0 Å². The fraction of sp³-hybridized carbons (Fsp3) is 0.900. The second-order valence-electron chi connectivity index (χ2n) is 3.62. The molecule has 0 aliphatic carbocycles. The van der Waals surface area contributed by atoms with Gasteiger partial charge < -0.3 is 10.6 Å². The van der Waals surface area contributed by atoms with Crippen molar-refractivity contribution in [3.8, 4) is 0 Å². The normalized spacial score (nSPS) is 22.6. The lowest BCUT2D eigenvalue weighted by Crippen LogP contribution is -2.29. The Hall–Kier alpha value is -0.570. The summed E-state index contributed by atoms with van der Waals surface area (Å²) in [5.74, 6) is 0.188. The maximum Gasteiger partial charge on any atom is 0.221 e. The van der Waals surface area contributed by atoms with E-state index < -0.39 is 0 Å². The fourth-order valence-corrected chi connectivity index (χ4v) is 1.55. The molecular weight excluding hydrogens is 164 g/mol. The van der Waals surface area contributed by atoms with Gasteiger partial charge in [-0.1, -0.05) is 19.3 Å². The fourth-order valence-electron chi connectivity index (χ4n) is 1.55. The van der Waals surface area contributed by atoms with Gasteiger partial charge in [-0.05, 0) is 19.4 Å². The molecule has 2 N–H and O–H groups in total. The lowest BCUT2D eigenvalue weighted by Gasteiger charge is -2.08. The molecule has 0 aromatic carbocycles. The summed E-state index contributed by atoms with van der Waals surface area (Å²) in [5, 5.41) is 6.19. The first-order valence-electron chi connectivity index (χ1n) is 5.37. The van der Waals surface area contributed by atoms with Crippen molar-refractivity contribution in [2.75, 3.05) is 19.6 Å². The molecule has 0 bridgehead atoms. The van der Waals surface area contributed by atoms with Gasteiger partial charge in [0.1, 0.15) is 0 Å². The van der Waals surface area contributed by atoms with Crippen LogP contribution in [0, 0.1) is 0 Å². The largest absolute Gasteiger partial charge is 0.356 e. The molecule has 1 heterocycles. The van der Waals surface area contributed by atoms with Crippen molar-refractivity contribution in [2.45, 2.75) is 38.5 Å². The van der Waals surface area contributed by atoms with Crippen LogP contribution >= 0.6 is 0 Å². The van der Waals surface area contributed by atoms with E-state index in [-0.39, 0.29) is 5.91 Å². The number of rotatable bonds is 0. The summed E-state index contributed by atoms with van der Waals surface area (Å²) in [7, 11) is 0. The summed E-state index contributed by atoms with van der Waals surface area (Å²) in [6.45, 7) is 2.75. The summed E-state index contributed by atoms with van der Waals surface area (Å²) in [5.41, 5.74) is 0. The molecule has 0 saturated carbocycles. The molecule has 1 amide bonds. The first-order valence-corrected chi connectivity index (χ1v) is 5.37. The van der Waals surface area contributed by atoms with Gasteiger partial charge in [-0.25, -0.2) is 0 Å². The van der Waals surface area contributed by atoms with Crippen molar-refractivity contribution in [3.05, 3.63) is 0 Å². The predicted octanol–water partition coefficient (Wildman–Crippen LogP) is 1.05. The standard InChI is InChI=1S/C10H20N2O/c13-10-6-9-11-7-4-2-1-3-5-8-12-10/h11H,1-9H2,(H,12,13). The number of carbonyl (C=O) groups excluding carboxylic acids is 1. The number of amides is 1. The molecule has 0 aromatic rings. The Kier molecular flexibility index (Phi) is 5.57. The van der Waals surface area contributed by atoms with E-state index in [1.807, 2.05) is 0 Å². The van der Waals surface area contributed by atoms with Crippen molar-refractivity contribution < 1.29 is 4.79 Å². The summed E-state index contributed by atoms with van der Waals surface area (Å²) in [6.07, 6.45) is 6.89. The zero-order valence-corrected chi connectivity index (χ0v) is 8.27. The van der Waals surface area contributed by atoms with E-state index in [9.17, 15) is 4.79 Å². The van der Waals surface area contributed by atoms with Crippen molar-refractivity contribution in [3.63, 3.8) is 0 Å². The third-order valence-electron chi connectivity index (χ3n) is 2.38. The summed E-state index contributed by atoms with van der Waals surface area (Å²) >= 11 is 0. The smallest absolute Gasteiger partial charge is 0.221 e. The second-order valence-corrected chi connectivity index (χ2v) is 3.62. The van der Waals surface area contributed by atoms with Crippen molar-refractivity contribution in [1.82, 2.24) is 10.6 Å². The molecule has 3 nitrogen and oxygen atoms in total. The second kappa shape index (κ2) is 6.89. The Balaban J connectivity index is 2.14. The van der Waals surface area contributed by atoms with Gasteiger partial charge in [0.05, 0.1) is 0 Å². The zero-order chi connectivity index (χ0) is 9.36. The van der Waals surface area contributed by atoms with Crippen LogP contribution in [0.25, 0.3) is 0 Å². The van der Waals surface area contributed by atoms with E-state index in [4.69, 9.17) is 0 Å². The molecule has 1 fully saturated rings. The molecule has 1 saturated heterocycles. The molecule has 3 heteroatoms. The van der Waals surface area contributed by atoms with E-state index in [1.54, 1.807) is 0 Å². The van der Waals surface area contributed by atoms with Crippen LogP contribution in [0.2, 0.25) is 0 Å². The van der Waals surface area contributed by atoms with Crippen LogP contribution in [0.5, 0.6) is 0 Å². The Labute approximate surface area is 80.3 Å². The van der Waals surface area contributed by atoms with Gasteiger partial charge in [0.25, 0.3) is 0 Å². The molecule has 0 spiro atoms. The van der Waals surface area contributed by atoms with E-state index in [0.717, 1.165) is 26.1 Å². The van der Waals surface area contributed by atoms with Crippen molar-refractivity contribution in [2.24, 2.45) is 0 Å². The minimum Gasteiger partial charge on any atom is -0.356 e. The van der Waals surface area contributed by atoms with Gasteiger partial charge in [0, 0.05) is 19.5 Å². The topological polar surface area (TPSA) is 41.1 Å². The molecule has 13 heavy (non-hydrogen) atoms. The highest BCUT2D eigenvalue weighted by atomic mass is 16.1. The highest BCUT2D eigenvalue weighted by molar-refractivity contribution is 5.75. The first-order chi connectivity index (χ1) is 6.39. The first kappa shape index (κ1) is 10.5. The maximum atomic E-state index is 11.1. The van der Waals surface area contributed by atoms with E-state index in [0.29, 0.717) is 6.42 Å². The van der Waals surface area contributed by atoms with Crippen LogP contribution in [0.1, 0.15) is 38.5 Å². The molecule has 1 aliphatic heterocycles. The molecule has 1 rings (SSSR count). The number of hydrogen-bond donors (Lipinski definition) is 2. The third kappa shape index (κ3) is 5.64. The van der Waals surface area contributed by atoms with Gasteiger partial charge in [0.2, 0.25) is 5.91 Å². The highest BCUT2D eigenvalue weighted by Crippen LogP contribution is 2.02. The maximum absolute atomic E-state index is 11.1. The molecule has 76 valence electrons. The quantitative estimate of drug-likeness (QED) is 0.591. The number of hydrogen-bond acceptors (Lipinski definition) is 2. The Morgan fingerprint density at radius 2 is 1.54 bits per heavy atom. The summed E-state index contributed by atoms with van der Waals surface area (Å²) in [4.78, 5) is 11.1. The zero-order valence-electron chi connectivity index (χ0n) is 8.27. The predicted molar refractivity (Wildman–Crippen MR) is 53.6 cm³/mol. The average molecular weight is 184 g/mol. The minimum atomic E-state index is 0.188.